The Bertz CT molecular complexity index is 610. The molecule has 0 bridgehead atoms. The standard InChI is InChI=1S/C16H23N3OS/c1-11-8-16(19(4)18-11)21-10-14-9-13(12(2)17-3)6-7-15(14)20-5/h6-9,12,17H,10H2,1-5H3. The van der Waals surface area contributed by atoms with Gasteiger partial charge in [-0.2, -0.15) is 5.10 Å². The Morgan fingerprint density at radius 2 is 2.14 bits per heavy atom. The maximum Gasteiger partial charge on any atom is 0.122 e. The minimum atomic E-state index is 0.332. The lowest BCUT2D eigenvalue weighted by Crippen LogP contribution is -2.12. The van der Waals surface area contributed by atoms with E-state index in [2.05, 4.69) is 35.5 Å². The fourth-order valence-electron chi connectivity index (χ4n) is 2.22. The van der Waals surface area contributed by atoms with E-state index in [0.29, 0.717) is 6.04 Å². The van der Waals surface area contributed by atoms with E-state index in [1.807, 2.05) is 31.8 Å². The Morgan fingerprint density at radius 3 is 2.71 bits per heavy atom. The molecule has 0 aliphatic carbocycles. The summed E-state index contributed by atoms with van der Waals surface area (Å²) in [6.45, 7) is 4.17. The van der Waals surface area contributed by atoms with Crippen LogP contribution in [-0.2, 0) is 12.8 Å². The molecule has 1 heterocycles. The largest absolute Gasteiger partial charge is 0.496 e. The lowest BCUT2D eigenvalue weighted by Gasteiger charge is -2.15. The second-order valence-corrected chi connectivity index (χ2v) is 6.11. The monoisotopic (exact) mass is 305 g/mol. The highest BCUT2D eigenvalue weighted by molar-refractivity contribution is 7.98. The number of aryl methyl sites for hydroxylation is 2. The fraction of sp³-hybridized carbons (Fsp3) is 0.438. The summed E-state index contributed by atoms with van der Waals surface area (Å²) in [7, 11) is 5.67. The van der Waals surface area contributed by atoms with Gasteiger partial charge in [0.05, 0.1) is 17.8 Å². The molecule has 2 aromatic rings. The molecule has 4 nitrogen and oxygen atoms in total. The zero-order valence-electron chi connectivity index (χ0n) is 13.3. The third-order valence-electron chi connectivity index (χ3n) is 3.57. The average molecular weight is 305 g/mol. The van der Waals surface area contributed by atoms with E-state index in [4.69, 9.17) is 4.74 Å². The summed E-state index contributed by atoms with van der Waals surface area (Å²) in [5, 5.41) is 8.82. The lowest BCUT2D eigenvalue weighted by atomic mass is 10.1. The van der Waals surface area contributed by atoms with E-state index in [1.165, 1.54) is 16.2 Å². The van der Waals surface area contributed by atoms with E-state index in [9.17, 15) is 0 Å². The van der Waals surface area contributed by atoms with Crippen molar-refractivity contribution in [2.24, 2.45) is 7.05 Å². The van der Waals surface area contributed by atoms with Crippen LogP contribution in [0.5, 0.6) is 5.75 Å². The minimum Gasteiger partial charge on any atom is -0.496 e. The maximum atomic E-state index is 5.48. The normalized spacial score (nSPS) is 12.4. The fourth-order valence-corrected chi connectivity index (χ4v) is 3.23. The molecule has 0 saturated heterocycles. The van der Waals surface area contributed by atoms with Gasteiger partial charge in [0.15, 0.2) is 0 Å². The van der Waals surface area contributed by atoms with E-state index in [1.54, 1.807) is 18.9 Å². The van der Waals surface area contributed by atoms with Crippen LogP contribution < -0.4 is 10.1 Å². The molecule has 21 heavy (non-hydrogen) atoms. The van der Waals surface area contributed by atoms with Crippen LogP contribution in [0.1, 0.15) is 29.8 Å². The first kappa shape index (κ1) is 15.9. The van der Waals surface area contributed by atoms with Crippen molar-refractivity contribution in [3.8, 4) is 5.75 Å². The van der Waals surface area contributed by atoms with Crippen molar-refractivity contribution in [3.63, 3.8) is 0 Å². The van der Waals surface area contributed by atoms with Crippen LogP contribution >= 0.6 is 11.8 Å². The van der Waals surface area contributed by atoms with Crippen molar-refractivity contribution < 1.29 is 4.74 Å². The predicted octanol–water partition coefficient (Wildman–Crippen LogP) is 3.31. The topological polar surface area (TPSA) is 39.1 Å². The van der Waals surface area contributed by atoms with Gasteiger partial charge in [-0.3, -0.25) is 4.68 Å². The molecule has 1 aromatic heterocycles. The van der Waals surface area contributed by atoms with Crippen molar-refractivity contribution in [3.05, 3.63) is 41.1 Å². The summed E-state index contributed by atoms with van der Waals surface area (Å²) < 4.78 is 7.40. The van der Waals surface area contributed by atoms with E-state index in [0.717, 1.165) is 17.2 Å². The van der Waals surface area contributed by atoms with E-state index < -0.39 is 0 Å². The molecule has 1 unspecified atom stereocenters. The highest BCUT2D eigenvalue weighted by atomic mass is 32.2. The molecule has 2 rings (SSSR count). The number of thioether (sulfide) groups is 1. The van der Waals surface area contributed by atoms with Gasteiger partial charge in [-0.25, -0.2) is 0 Å². The van der Waals surface area contributed by atoms with Gasteiger partial charge in [-0.05, 0) is 44.7 Å². The van der Waals surface area contributed by atoms with Crippen LogP contribution in [0.15, 0.2) is 29.3 Å². The third kappa shape index (κ3) is 3.80. The first-order valence-corrected chi connectivity index (χ1v) is 8.01. The summed E-state index contributed by atoms with van der Waals surface area (Å²) >= 11 is 1.78. The number of ether oxygens (including phenoxy) is 1. The van der Waals surface area contributed by atoms with Crippen LogP contribution in [-0.4, -0.2) is 23.9 Å². The quantitative estimate of drug-likeness (QED) is 0.831. The molecule has 0 spiro atoms. The van der Waals surface area contributed by atoms with Crippen LogP contribution in [0.3, 0.4) is 0 Å². The van der Waals surface area contributed by atoms with Gasteiger partial charge in [0.1, 0.15) is 5.75 Å². The van der Waals surface area contributed by atoms with Gasteiger partial charge in [0.2, 0.25) is 0 Å². The van der Waals surface area contributed by atoms with Crippen LogP contribution in [0.25, 0.3) is 0 Å². The molecular formula is C16H23N3OS. The van der Waals surface area contributed by atoms with Crippen molar-refractivity contribution in [2.75, 3.05) is 14.2 Å². The molecule has 1 atom stereocenters. The number of rotatable bonds is 6. The number of nitrogens with zero attached hydrogens (tertiary/aromatic N) is 2. The minimum absolute atomic E-state index is 0.332. The second kappa shape index (κ2) is 7.00. The lowest BCUT2D eigenvalue weighted by molar-refractivity contribution is 0.411. The van der Waals surface area contributed by atoms with Gasteiger partial charge in [0.25, 0.3) is 0 Å². The van der Waals surface area contributed by atoms with Gasteiger partial charge >= 0.3 is 0 Å². The molecule has 1 aromatic carbocycles. The van der Waals surface area contributed by atoms with Crippen LogP contribution in [0.2, 0.25) is 0 Å². The Kier molecular flexibility index (Phi) is 5.31. The van der Waals surface area contributed by atoms with Gasteiger partial charge < -0.3 is 10.1 Å². The third-order valence-corrected chi connectivity index (χ3v) is 4.71. The molecule has 1 N–H and O–H groups in total. The maximum absolute atomic E-state index is 5.48. The first-order chi connectivity index (χ1) is 10.0. The number of benzene rings is 1. The second-order valence-electron chi connectivity index (χ2n) is 5.12. The molecule has 0 aliphatic heterocycles. The van der Waals surface area contributed by atoms with Gasteiger partial charge in [0, 0.05) is 24.4 Å². The summed E-state index contributed by atoms with van der Waals surface area (Å²) in [5.41, 5.74) is 3.53. The molecule has 0 fully saturated rings. The van der Waals surface area contributed by atoms with Crippen molar-refractivity contribution in [1.82, 2.24) is 15.1 Å². The molecule has 114 valence electrons. The van der Waals surface area contributed by atoms with Crippen LogP contribution in [0.4, 0.5) is 0 Å². The zero-order valence-corrected chi connectivity index (χ0v) is 14.1. The number of nitrogens with one attached hydrogen (secondary N) is 1. The summed E-state index contributed by atoms with van der Waals surface area (Å²) in [4.78, 5) is 0. The van der Waals surface area contributed by atoms with E-state index >= 15 is 0 Å². The molecular weight excluding hydrogens is 282 g/mol. The van der Waals surface area contributed by atoms with Crippen molar-refractivity contribution in [1.29, 1.82) is 0 Å². The zero-order chi connectivity index (χ0) is 15.4. The highest BCUT2D eigenvalue weighted by Crippen LogP contribution is 2.30. The average Bonchev–Trinajstić information content (AvgIpc) is 2.81. The van der Waals surface area contributed by atoms with Crippen molar-refractivity contribution in [2.45, 2.75) is 30.7 Å². The number of aromatic nitrogens is 2. The number of methoxy groups -OCH3 is 1. The molecule has 0 radical (unpaired) electrons. The highest BCUT2D eigenvalue weighted by Gasteiger charge is 2.10. The smallest absolute Gasteiger partial charge is 0.122 e. The number of hydrogen-bond donors (Lipinski definition) is 1. The predicted molar refractivity (Wildman–Crippen MR) is 88.0 cm³/mol. The number of hydrogen-bond acceptors (Lipinski definition) is 4. The van der Waals surface area contributed by atoms with Gasteiger partial charge in [-0.1, -0.05) is 6.07 Å². The summed E-state index contributed by atoms with van der Waals surface area (Å²) in [5.74, 6) is 1.81. The first-order valence-electron chi connectivity index (χ1n) is 7.02. The Balaban J connectivity index is 2.19. The summed E-state index contributed by atoms with van der Waals surface area (Å²) in [6, 6.07) is 8.82. The van der Waals surface area contributed by atoms with Gasteiger partial charge in [-0.15, -0.1) is 11.8 Å². The molecule has 5 heteroatoms. The van der Waals surface area contributed by atoms with Crippen LogP contribution in [0, 0.1) is 6.92 Å². The van der Waals surface area contributed by atoms with Crippen molar-refractivity contribution >= 4 is 11.8 Å². The SMILES string of the molecule is CNC(C)c1ccc(OC)c(CSc2cc(C)nn2C)c1. The Hall–Kier alpha value is -1.46. The van der Waals surface area contributed by atoms with E-state index in [-0.39, 0.29) is 0 Å². The Labute approximate surface area is 130 Å². The molecule has 0 amide bonds. The molecule has 0 aliphatic rings. The summed E-state index contributed by atoms with van der Waals surface area (Å²) in [6.07, 6.45) is 0. The Morgan fingerprint density at radius 1 is 1.38 bits per heavy atom. The molecule has 0 saturated carbocycles.